The van der Waals surface area contributed by atoms with E-state index in [1.54, 1.807) is 22.2 Å². The molecule has 0 aromatic carbocycles. The van der Waals surface area contributed by atoms with Gasteiger partial charge in [-0.25, -0.2) is 4.68 Å². The molecule has 0 saturated carbocycles. The van der Waals surface area contributed by atoms with Crippen molar-refractivity contribution in [3.8, 4) is 0 Å². The number of piperidine rings is 1. The number of rotatable bonds is 4. The lowest BCUT2D eigenvalue weighted by atomic mass is 9.91. The van der Waals surface area contributed by atoms with Crippen molar-refractivity contribution in [2.24, 2.45) is 11.7 Å². The third kappa shape index (κ3) is 4.31. The predicted octanol–water partition coefficient (Wildman–Crippen LogP) is 2.01. The second kappa shape index (κ2) is 7.90. The highest BCUT2D eigenvalue weighted by molar-refractivity contribution is 7.09. The number of nitrogens with zero attached hydrogens (tertiary/aromatic N) is 4. The Kier molecular flexibility index (Phi) is 6.15. The van der Waals surface area contributed by atoms with Crippen molar-refractivity contribution in [3.63, 3.8) is 0 Å². The molecule has 8 heteroatoms. The molecule has 0 spiro atoms. The summed E-state index contributed by atoms with van der Waals surface area (Å²) in [7, 11) is 0. The van der Waals surface area contributed by atoms with Crippen LogP contribution in [0, 0.1) is 5.92 Å². The minimum absolute atomic E-state index is 0. The number of carbonyl (C=O) groups excluding carboxylic acids is 1. The highest BCUT2D eigenvalue weighted by Crippen LogP contribution is 2.20. The molecule has 6 nitrogen and oxygen atoms in total. The average molecular weight is 356 g/mol. The zero-order chi connectivity index (χ0) is 15.5. The van der Waals surface area contributed by atoms with Gasteiger partial charge in [-0.3, -0.25) is 4.79 Å². The summed E-state index contributed by atoms with van der Waals surface area (Å²) in [6, 6.07) is 4.25. The van der Waals surface area contributed by atoms with E-state index in [2.05, 4.69) is 10.3 Å². The predicted molar refractivity (Wildman–Crippen MR) is 93.0 cm³/mol. The van der Waals surface area contributed by atoms with Crippen LogP contribution < -0.4 is 5.73 Å². The fraction of sp³-hybridized carbons (Fsp3) is 0.533. The van der Waals surface area contributed by atoms with E-state index >= 15 is 0 Å². The number of hydrogen-bond acceptors (Lipinski definition) is 5. The second-order valence-electron chi connectivity index (χ2n) is 5.87. The Morgan fingerprint density at radius 1 is 1.48 bits per heavy atom. The van der Waals surface area contributed by atoms with E-state index in [0.29, 0.717) is 18.2 Å². The number of halogens is 1. The number of aromatic nitrogens is 3. The van der Waals surface area contributed by atoms with Gasteiger partial charge in [0.25, 0.3) is 5.91 Å². The number of hydrogen-bond donors (Lipinski definition) is 1. The standard InChI is InChI=1S/C15H21N5OS.ClH/c1-11(16)12-4-6-19(7-5-12)15(21)14-10-20(18-17-14)9-13-3-2-8-22-13;/h2-3,8,10-12H,4-7,9,16H2,1H3;1H. The van der Waals surface area contributed by atoms with Gasteiger partial charge in [-0.2, -0.15) is 0 Å². The van der Waals surface area contributed by atoms with Gasteiger partial charge < -0.3 is 10.6 Å². The molecule has 3 rings (SSSR count). The van der Waals surface area contributed by atoms with E-state index in [0.717, 1.165) is 25.9 Å². The fourth-order valence-electron chi connectivity index (χ4n) is 2.83. The summed E-state index contributed by atoms with van der Waals surface area (Å²) in [6.45, 7) is 4.20. The Labute approximate surface area is 146 Å². The number of likely N-dealkylation sites (tertiary alicyclic amines) is 1. The largest absolute Gasteiger partial charge is 0.337 e. The molecule has 23 heavy (non-hydrogen) atoms. The van der Waals surface area contributed by atoms with Crippen LogP contribution in [0.2, 0.25) is 0 Å². The van der Waals surface area contributed by atoms with Gasteiger partial charge in [0.1, 0.15) is 0 Å². The van der Waals surface area contributed by atoms with E-state index in [1.807, 2.05) is 29.3 Å². The lowest BCUT2D eigenvalue weighted by molar-refractivity contribution is 0.0675. The van der Waals surface area contributed by atoms with Crippen molar-refractivity contribution in [3.05, 3.63) is 34.3 Å². The van der Waals surface area contributed by atoms with Crippen LogP contribution in [0.5, 0.6) is 0 Å². The maximum atomic E-state index is 12.5. The van der Waals surface area contributed by atoms with Crippen molar-refractivity contribution < 1.29 is 4.79 Å². The van der Waals surface area contributed by atoms with Crippen molar-refractivity contribution >= 4 is 29.7 Å². The molecule has 126 valence electrons. The third-order valence-corrected chi connectivity index (χ3v) is 5.09. The smallest absolute Gasteiger partial charge is 0.276 e. The van der Waals surface area contributed by atoms with Gasteiger partial charge in [0, 0.05) is 24.0 Å². The maximum absolute atomic E-state index is 12.5. The van der Waals surface area contributed by atoms with Crippen LogP contribution in [0.1, 0.15) is 35.1 Å². The molecular weight excluding hydrogens is 334 g/mol. The van der Waals surface area contributed by atoms with Crippen molar-refractivity contribution in [2.75, 3.05) is 13.1 Å². The van der Waals surface area contributed by atoms with Crippen LogP contribution >= 0.6 is 23.7 Å². The molecule has 0 radical (unpaired) electrons. The molecule has 2 aromatic rings. The van der Waals surface area contributed by atoms with Gasteiger partial charge in [0.2, 0.25) is 0 Å². The minimum Gasteiger partial charge on any atom is -0.337 e. The van der Waals surface area contributed by atoms with E-state index in [1.165, 1.54) is 4.88 Å². The van der Waals surface area contributed by atoms with E-state index in [-0.39, 0.29) is 24.4 Å². The summed E-state index contributed by atoms with van der Waals surface area (Å²) < 4.78 is 1.72. The van der Waals surface area contributed by atoms with Gasteiger partial charge in [0.15, 0.2) is 5.69 Å². The Bertz CT molecular complexity index is 620. The van der Waals surface area contributed by atoms with Crippen LogP contribution in [0.4, 0.5) is 0 Å². The lowest BCUT2D eigenvalue weighted by Crippen LogP contribution is -2.42. The zero-order valence-corrected chi connectivity index (χ0v) is 14.7. The molecule has 1 unspecified atom stereocenters. The van der Waals surface area contributed by atoms with Gasteiger partial charge in [-0.05, 0) is 37.1 Å². The molecule has 1 fully saturated rings. The molecular formula is C15H22ClN5OS. The molecule has 1 aliphatic heterocycles. The third-order valence-electron chi connectivity index (χ3n) is 4.23. The topological polar surface area (TPSA) is 77.0 Å². The summed E-state index contributed by atoms with van der Waals surface area (Å²) in [4.78, 5) is 15.5. The number of carbonyl (C=O) groups is 1. The second-order valence-corrected chi connectivity index (χ2v) is 6.90. The molecule has 0 bridgehead atoms. The molecule has 3 heterocycles. The molecule has 2 aromatic heterocycles. The summed E-state index contributed by atoms with van der Waals surface area (Å²) in [5, 5.41) is 10.1. The lowest BCUT2D eigenvalue weighted by Gasteiger charge is -2.33. The molecule has 1 aliphatic rings. The minimum atomic E-state index is -0.0273. The first kappa shape index (κ1) is 17.9. The highest BCUT2D eigenvalue weighted by atomic mass is 35.5. The molecule has 2 N–H and O–H groups in total. The Balaban J connectivity index is 0.00000192. The van der Waals surface area contributed by atoms with Crippen molar-refractivity contribution in [2.45, 2.75) is 32.4 Å². The first-order valence-corrected chi connectivity index (χ1v) is 8.49. The van der Waals surface area contributed by atoms with Gasteiger partial charge in [-0.1, -0.05) is 11.3 Å². The van der Waals surface area contributed by atoms with E-state index in [4.69, 9.17) is 5.73 Å². The SMILES string of the molecule is CC(N)C1CCN(C(=O)c2cn(Cc3cccs3)nn2)CC1.Cl. The first-order chi connectivity index (χ1) is 10.6. The Morgan fingerprint density at radius 2 is 2.22 bits per heavy atom. The summed E-state index contributed by atoms with van der Waals surface area (Å²) in [5.74, 6) is 0.485. The summed E-state index contributed by atoms with van der Waals surface area (Å²) in [6.07, 6.45) is 3.67. The fourth-order valence-corrected chi connectivity index (χ4v) is 3.52. The van der Waals surface area contributed by atoms with Crippen LogP contribution in [0.3, 0.4) is 0 Å². The number of thiophene rings is 1. The monoisotopic (exact) mass is 355 g/mol. The van der Waals surface area contributed by atoms with Gasteiger partial charge >= 0.3 is 0 Å². The molecule has 1 atom stereocenters. The van der Waals surface area contributed by atoms with Crippen LogP contribution in [-0.2, 0) is 6.54 Å². The van der Waals surface area contributed by atoms with Gasteiger partial charge in [-0.15, -0.1) is 28.8 Å². The van der Waals surface area contributed by atoms with Crippen LogP contribution in [-0.4, -0.2) is 44.9 Å². The normalized spacial score (nSPS) is 16.9. The quantitative estimate of drug-likeness (QED) is 0.910. The van der Waals surface area contributed by atoms with Crippen LogP contribution in [0.25, 0.3) is 0 Å². The maximum Gasteiger partial charge on any atom is 0.276 e. The average Bonchev–Trinajstić information content (AvgIpc) is 3.19. The van der Waals surface area contributed by atoms with Crippen molar-refractivity contribution in [1.82, 2.24) is 19.9 Å². The number of amides is 1. The summed E-state index contributed by atoms with van der Waals surface area (Å²) >= 11 is 1.67. The van der Waals surface area contributed by atoms with E-state index < -0.39 is 0 Å². The van der Waals surface area contributed by atoms with Crippen LogP contribution in [0.15, 0.2) is 23.7 Å². The highest BCUT2D eigenvalue weighted by Gasteiger charge is 2.26. The Morgan fingerprint density at radius 3 is 2.83 bits per heavy atom. The first-order valence-electron chi connectivity index (χ1n) is 7.61. The molecule has 1 saturated heterocycles. The van der Waals surface area contributed by atoms with Gasteiger partial charge in [0.05, 0.1) is 12.7 Å². The Hall–Kier alpha value is -1.44. The summed E-state index contributed by atoms with van der Waals surface area (Å²) in [5.41, 5.74) is 6.37. The zero-order valence-electron chi connectivity index (χ0n) is 13.1. The van der Waals surface area contributed by atoms with E-state index in [9.17, 15) is 4.79 Å². The number of nitrogens with two attached hydrogens (primary N) is 1. The van der Waals surface area contributed by atoms with Crippen molar-refractivity contribution in [1.29, 1.82) is 0 Å². The molecule has 1 amide bonds. The molecule has 0 aliphatic carbocycles.